The standard InChI is InChI=1S/C13H8F6N2O/c14-12(15,16)9-8(10(22)13(17,18)19)6-20-11(21-9)7-4-2-1-3-5-7/h1-6,11,21H. The minimum Gasteiger partial charge on any atom is -0.355 e. The van der Waals surface area contributed by atoms with Crippen LogP contribution in [-0.2, 0) is 4.79 Å². The second kappa shape index (κ2) is 5.47. The van der Waals surface area contributed by atoms with E-state index in [4.69, 9.17) is 0 Å². The first-order chi connectivity index (χ1) is 10.1. The number of halogens is 6. The predicted molar refractivity (Wildman–Crippen MR) is 65.0 cm³/mol. The molecule has 118 valence electrons. The van der Waals surface area contributed by atoms with Crippen LogP contribution >= 0.6 is 0 Å². The van der Waals surface area contributed by atoms with E-state index in [1.54, 1.807) is 18.2 Å². The van der Waals surface area contributed by atoms with Crippen LogP contribution in [0.2, 0.25) is 0 Å². The summed E-state index contributed by atoms with van der Waals surface area (Å²) in [6.45, 7) is 0. The lowest BCUT2D eigenvalue weighted by molar-refractivity contribution is -0.166. The van der Waals surface area contributed by atoms with Gasteiger partial charge in [0.1, 0.15) is 11.9 Å². The zero-order chi connectivity index (χ0) is 16.5. The summed E-state index contributed by atoms with van der Waals surface area (Å²) in [7, 11) is 0. The van der Waals surface area contributed by atoms with Crippen molar-refractivity contribution in [3.63, 3.8) is 0 Å². The molecule has 1 aromatic rings. The summed E-state index contributed by atoms with van der Waals surface area (Å²) in [4.78, 5) is 14.7. The van der Waals surface area contributed by atoms with E-state index >= 15 is 0 Å². The first-order valence-corrected chi connectivity index (χ1v) is 5.88. The Kier molecular flexibility index (Phi) is 3.99. The van der Waals surface area contributed by atoms with E-state index in [2.05, 4.69) is 4.99 Å². The lowest BCUT2D eigenvalue weighted by atomic mass is 10.1. The normalized spacial score (nSPS) is 19.1. The fraction of sp³-hybridized carbons (Fsp3) is 0.231. The van der Waals surface area contributed by atoms with Crippen molar-refractivity contribution in [3.05, 3.63) is 47.2 Å². The van der Waals surface area contributed by atoms with Crippen LogP contribution in [0.3, 0.4) is 0 Å². The van der Waals surface area contributed by atoms with Gasteiger partial charge in [0.2, 0.25) is 0 Å². The van der Waals surface area contributed by atoms with Crippen molar-refractivity contribution in [3.8, 4) is 0 Å². The average Bonchev–Trinajstić information content (AvgIpc) is 2.45. The van der Waals surface area contributed by atoms with Gasteiger partial charge in [-0.05, 0) is 5.56 Å². The summed E-state index contributed by atoms with van der Waals surface area (Å²) in [5.74, 6) is -2.59. The van der Waals surface area contributed by atoms with Gasteiger partial charge in [0.05, 0.1) is 5.57 Å². The molecule has 0 spiro atoms. The zero-order valence-electron chi connectivity index (χ0n) is 10.7. The zero-order valence-corrected chi connectivity index (χ0v) is 10.7. The highest BCUT2D eigenvalue weighted by Crippen LogP contribution is 2.34. The van der Waals surface area contributed by atoms with E-state index in [-0.39, 0.29) is 0 Å². The monoisotopic (exact) mass is 322 g/mol. The molecule has 0 aliphatic carbocycles. The van der Waals surface area contributed by atoms with Gasteiger partial charge < -0.3 is 5.32 Å². The second-order valence-electron chi connectivity index (χ2n) is 4.35. The molecule has 0 saturated carbocycles. The lowest BCUT2D eigenvalue weighted by Crippen LogP contribution is -2.38. The molecule has 1 heterocycles. The summed E-state index contributed by atoms with van der Waals surface area (Å²) in [6.07, 6.45) is -11.5. The first kappa shape index (κ1) is 16.1. The Morgan fingerprint density at radius 1 is 1.05 bits per heavy atom. The molecular weight excluding hydrogens is 314 g/mol. The number of hydrogen-bond donors (Lipinski definition) is 1. The van der Waals surface area contributed by atoms with Crippen molar-refractivity contribution in [2.45, 2.75) is 18.5 Å². The Morgan fingerprint density at radius 2 is 1.64 bits per heavy atom. The lowest BCUT2D eigenvalue weighted by Gasteiger charge is -2.26. The fourth-order valence-electron chi connectivity index (χ4n) is 1.83. The van der Waals surface area contributed by atoms with Gasteiger partial charge in [-0.1, -0.05) is 30.3 Å². The Labute approximate surface area is 120 Å². The Balaban J connectivity index is 2.42. The third kappa shape index (κ3) is 3.29. The molecule has 0 fully saturated rings. The molecule has 1 aliphatic rings. The van der Waals surface area contributed by atoms with Crippen molar-refractivity contribution in [1.82, 2.24) is 5.32 Å². The SMILES string of the molecule is O=C(C1=C(C(F)(F)F)NC(c2ccccc2)N=C1)C(F)(F)F. The van der Waals surface area contributed by atoms with Crippen LogP contribution in [0.4, 0.5) is 26.3 Å². The number of allylic oxidation sites excluding steroid dienone is 2. The van der Waals surface area contributed by atoms with Crippen molar-refractivity contribution in [1.29, 1.82) is 0 Å². The topological polar surface area (TPSA) is 41.5 Å². The van der Waals surface area contributed by atoms with Gasteiger partial charge in [-0.2, -0.15) is 26.3 Å². The molecule has 0 bridgehead atoms. The molecule has 22 heavy (non-hydrogen) atoms. The molecule has 1 atom stereocenters. The number of Topliss-reactive ketones (excluding diaryl/α,β-unsaturated/α-hetero) is 1. The second-order valence-corrected chi connectivity index (χ2v) is 4.35. The number of benzene rings is 1. The van der Waals surface area contributed by atoms with Gasteiger partial charge in [0.25, 0.3) is 5.78 Å². The molecule has 0 amide bonds. The highest BCUT2D eigenvalue weighted by Gasteiger charge is 2.47. The van der Waals surface area contributed by atoms with Crippen LogP contribution in [0.15, 0.2) is 46.6 Å². The van der Waals surface area contributed by atoms with Crippen molar-refractivity contribution >= 4 is 12.0 Å². The van der Waals surface area contributed by atoms with Crippen LogP contribution < -0.4 is 5.32 Å². The molecule has 9 heteroatoms. The fourth-order valence-corrected chi connectivity index (χ4v) is 1.83. The number of nitrogens with zero attached hydrogens (tertiary/aromatic N) is 1. The van der Waals surface area contributed by atoms with Crippen LogP contribution in [0.25, 0.3) is 0 Å². The van der Waals surface area contributed by atoms with E-state index < -0.39 is 35.6 Å². The Hall–Kier alpha value is -2.32. The van der Waals surface area contributed by atoms with Gasteiger partial charge in [-0.15, -0.1) is 0 Å². The number of nitrogens with one attached hydrogen (secondary N) is 1. The van der Waals surface area contributed by atoms with E-state index in [1.807, 2.05) is 5.32 Å². The minimum absolute atomic E-state index is 0.312. The summed E-state index contributed by atoms with van der Waals surface area (Å²) in [5, 5.41) is 1.85. The number of aliphatic imine (C=N–C) groups is 1. The Morgan fingerprint density at radius 3 is 2.14 bits per heavy atom. The maximum absolute atomic E-state index is 12.9. The Bertz CT molecular complexity index is 630. The van der Waals surface area contributed by atoms with E-state index in [0.717, 1.165) is 0 Å². The summed E-state index contributed by atoms with van der Waals surface area (Å²) in [6, 6.07) is 7.62. The number of carbonyl (C=O) groups is 1. The van der Waals surface area contributed by atoms with Crippen LogP contribution in [0.1, 0.15) is 11.7 Å². The van der Waals surface area contributed by atoms with Crippen molar-refractivity contribution in [2.24, 2.45) is 4.99 Å². The predicted octanol–water partition coefficient (Wildman–Crippen LogP) is 3.31. The quantitative estimate of drug-likeness (QED) is 0.849. The third-order valence-corrected chi connectivity index (χ3v) is 2.80. The molecule has 2 rings (SSSR count). The van der Waals surface area contributed by atoms with Gasteiger partial charge in [0, 0.05) is 6.21 Å². The number of carbonyl (C=O) groups excluding carboxylic acids is 1. The highest BCUT2D eigenvalue weighted by molar-refractivity contribution is 6.16. The van der Waals surface area contributed by atoms with Gasteiger partial charge in [-0.3, -0.25) is 9.79 Å². The smallest absolute Gasteiger partial charge is 0.355 e. The van der Waals surface area contributed by atoms with Crippen LogP contribution in [0, 0.1) is 0 Å². The van der Waals surface area contributed by atoms with Gasteiger partial charge in [0.15, 0.2) is 0 Å². The molecule has 1 N–H and O–H groups in total. The van der Waals surface area contributed by atoms with Crippen LogP contribution in [0.5, 0.6) is 0 Å². The van der Waals surface area contributed by atoms with Gasteiger partial charge >= 0.3 is 12.4 Å². The molecule has 1 unspecified atom stereocenters. The van der Waals surface area contributed by atoms with Crippen molar-refractivity contribution < 1.29 is 31.1 Å². The first-order valence-electron chi connectivity index (χ1n) is 5.88. The molecule has 0 saturated heterocycles. The average molecular weight is 322 g/mol. The van der Waals surface area contributed by atoms with E-state index in [1.165, 1.54) is 12.1 Å². The van der Waals surface area contributed by atoms with Crippen LogP contribution in [-0.4, -0.2) is 24.4 Å². The maximum atomic E-state index is 12.9. The molecular formula is C13H8F6N2O. The third-order valence-electron chi connectivity index (χ3n) is 2.80. The van der Waals surface area contributed by atoms with E-state index in [9.17, 15) is 31.1 Å². The molecule has 0 radical (unpaired) electrons. The number of alkyl halides is 6. The number of rotatable bonds is 2. The largest absolute Gasteiger partial charge is 0.455 e. The van der Waals surface area contributed by atoms with Gasteiger partial charge in [-0.25, -0.2) is 0 Å². The molecule has 3 nitrogen and oxygen atoms in total. The number of ketones is 1. The molecule has 1 aliphatic heterocycles. The minimum atomic E-state index is -5.42. The molecule has 0 aromatic heterocycles. The molecule has 1 aromatic carbocycles. The highest BCUT2D eigenvalue weighted by atomic mass is 19.4. The summed E-state index contributed by atoms with van der Waals surface area (Å²) in [5.41, 5.74) is -2.98. The van der Waals surface area contributed by atoms with E-state index in [0.29, 0.717) is 11.8 Å². The summed E-state index contributed by atoms with van der Waals surface area (Å²) >= 11 is 0. The van der Waals surface area contributed by atoms with Crippen molar-refractivity contribution in [2.75, 3.05) is 0 Å². The number of hydrogen-bond acceptors (Lipinski definition) is 3. The maximum Gasteiger partial charge on any atom is 0.455 e. The summed E-state index contributed by atoms with van der Waals surface area (Å²) < 4.78 is 75.9.